The first-order chi connectivity index (χ1) is 32.8. The van der Waals surface area contributed by atoms with Gasteiger partial charge in [0.2, 0.25) is 0 Å². The maximum absolute atomic E-state index is 7.03. The molecule has 0 radical (unpaired) electrons. The van der Waals surface area contributed by atoms with Gasteiger partial charge in [-0.15, -0.1) is 0 Å². The molecule has 0 bridgehead atoms. The van der Waals surface area contributed by atoms with Gasteiger partial charge < -0.3 is 14.5 Å². The molecule has 66 heavy (non-hydrogen) atoms. The van der Waals surface area contributed by atoms with E-state index in [1.54, 1.807) is 0 Å². The lowest BCUT2D eigenvalue weighted by Gasteiger charge is -2.41. The largest absolute Gasteiger partial charge is 0.457 e. The summed E-state index contributed by atoms with van der Waals surface area (Å²) < 4.78 is 9.27. The molecule has 2 aromatic heterocycles. The van der Waals surface area contributed by atoms with E-state index < -0.39 is 8.07 Å². The summed E-state index contributed by atoms with van der Waals surface area (Å²) in [4.78, 5) is 9.93. The lowest BCUT2D eigenvalue weighted by molar-refractivity contribution is 0.483. The van der Waals surface area contributed by atoms with Crippen LogP contribution in [0.5, 0.6) is 11.5 Å². The van der Waals surface area contributed by atoms with Crippen molar-refractivity contribution in [3.63, 3.8) is 0 Å². The van der Waals surface area contributed by atoms with Crippen LogP contribution in [0.4, 0.5) is 22.7 Å². The van der Waals surface area contributed by atoms with Crippen LogP contribution in [0.25, 0.3) is 61.0 Å². The van der Waals surface area contributed by atoms with Gasteiger partial charge in [-0.25, -0.2) is 4.98 Å². The molecule has 0 N–H and O–H groups in total. The van der Waals surface area contributed by atoms with E-state index in [0.717, 1.165) is 33.7 Å². The maximum atomic E-state index is 7.03. The van der Waals surface area contributed by atoms with Gasteiger partial charge in [0, 0.05) is 45.9 Å². The number of hydrogen-bond acceptors (Lipinski definition) is 4. The van der Waals surface area contributed by atoms with Gasteiger partial charge in [-0.05, 0) is 85.5 Å². The van der Waals surface area contributed by atoms with E-state index >= 15 is 0 Å². The molecule has 3 aliphatic rings. The van der Waals surface area contributed by atoms with Gasteiger partial charge in [-0.3, -0.25) is 4.57 Å². The number of ether oxygens (including phenoxy) is 1. The molecule has 6 heteroatoms. The third-order valence-electron chi connectivity index (χ3n) is 14.1. The Morgan fingerprint density at radius 2 is 0.970 bits per heavy atom. The lowest BCUT2D eigenvalue weighted by Crippen LogP contribution is -2.75. The van der Waals surface area contributed by atoms with Gasteiger partial charge in [0.15, 0.2) is 8.07 Å². The lowest BCUT2D eigenvalue weighted by atomic mass is 9.95. The summed E-state index contributed by atoms with van der Waals surface area (Å²) in [6.45, 7) is 0.635. The number of rotatable bonds is 6. The fourth-order valence-corrected chi connectivity index (χ4v) is 17.1. The average Bonchev–Trinajstić information content (AvgIpc) is 4.03. The van der Waals surface area contributed by atoms with Crippen LogP contribution in [0, 0.1) is 0 Å². The van der Waals surface area contributed by atoms with Gasteiger partial charge in [0.05, 0.1) is 28.1 Å². The van der Waals surface area contributed by atoms with Crippen molar-refractivity contribution in [3.8, 4) is 50.7 Å². The van der Waals surface area contributed by atoms with Crippen LogP contribution >= 0.6 is 0 Å². The summed E-state index contributed by atoms with van der Waals surface area (Å²) in [5, 5.41) is 8.03. The fourth-order valence-electron chi connectivity index (χ4n) is 11.5. The molecule has 3 aliphatic heterocycles. The second kappa shape index (κ2) is 14.3. The number of hydrogen-bond donors (Lipinski definition) is 0. The molecule has 11 aromatic rings. The van der Waals surface area contributed by atoms with Crippen LogP contribution in [0.3, 0.4) is 0 Å². The zero-order chi connectivity index (χ0) is 43.3. The highest BCUT2D eigenvalue weighted by Gasteiger charge is 2.55. The molecule has 9 aromatic carbocycles. The number of benzene rings is 9. The Morgan fingerprint density at radius 1 is 0.394 bits per heavy atom. The Kier molecular flexibility index (Phi) is 8.00. The zero-order valence-corrected chi connectivity index (χ0v) is 36.8. The highest BCUT2D eigenvalue weighted by atomic mass is 28.3. The SMILES string of the molecule is c1ccc(-c2cccc(-c3ccccc3)c2N2CN3c4cc(Oc5ccc6c7ccccc7n(-c7ccccn7)c6c5)ccc4[Si]4(c5ccccc5-c5ccccc54)c4cccc2c43)cc1. The smallest absolute Gasteiger partial charge is 0.185 e. The van der Waals surface area contributed by atoms with Crippen LogP contribution in [0.1, 0.15) is 0 Å². The predicted molar refractivity (Wildman–Crippen MR) is 274 cm³/mol. The fraction of sp³-hybridized carbons (Fsp3) is 0.0167. The molecule has 5 heterocycles. The molecule has 0 fully saturated rings. The molecule has 1 spiro atoms. The first-order valence-electron chi connectivity index (χ1n) is 22.6. The highest BCUT2D eigenvalue weighted by molar-refractivity contribution is 7.23. The minimum Gasteiger partial charge on any atom is -0.457 e. The van der Waals surface area contributed by atoms with E-state index in [-0.39, 0.29) is 0 Å². The van der Waals surface area contributed by atoms with E-state index in [4.69, 9.17) is 9.72 Å². The van der Waals surface area contributed by atoms with Crippen molar-refractivity contribution < 1.29 is 4.74 Å². The van der Waals surface area contributed by atoms with Crippen LogP contribution in [-0.2, 0) is 0 Å². The molecular weight excluding hydrogens is 821 g/mol. The van der Waals surface area contributed by atoms with Gasteiger partial charge in [-0.1, -0.05) is 170 Å². The van der Waals surface area contributed by atoms with Gasteiger partial charge in [-0.2, -0.15) is 0 Å². The summed E-state index contributed by atoms with van der Waals surface area (Å²) in [6.07, 6.45) is 1.85. The van der Waals surface area contributed by atoms with Crippen LogP contribution in [-0.4, -0.2) is 24.3 Å². The topological polar surface area (TPSA) is 33.5 Å². The van der Waals surface area contributed by atoms with Crippen LogP contribution in [0.15, 0.2) is 231 Å². The third kappa shape index (κ3) is 5.18. The van der Waals surface area contributed by atoms with Crippen LogP contribution in [0.2, 0.25) is 0 Å². The second-order valence-electron chi connectivity index (χ2n) is 17.4. The van der Waals surface area contributed by atoms with E-state index in [1.165, 1.54) is 82.3 Å². The van der Waals surface area contributed by atoms with Gasteiger partial charge >= 0.3 is 0 Å². The van der Waals surface area contributed by atoms with Crippen molar-refractivity contribution >= 4 is 73.4 Å². The molecule has 0 amide bonds. The molecule has 14 rings (SSSR count). The first kappa shape index (κ1) is 37.0. The number of aromatic nitrogens is 2. The molecule has 5 nitrogen and oxygen atoms in total. The average molecular weight is 861 g/mol. The Balaban J connectivity index is 0.992. The third-order valence-corrected chi connectivity index (χ3v) is 19.0. The Morgan fingerprint density at radius 3 is 1.70 bits per heavy atom. The maximum Gasteiger partial charge on any atom is 0.185 e. The quantitative estimate of drug-likeness (QED) is 0.156. The summed E-state index contributed by atoms with van der Waals surface area (Å²) in [5.74, 6) is 2.45. The Hall–Kier alpha value is -8.45. The van der Waals surface area contributed by atoms with Crippen molar-refractivity contribution in [2.24, 2.45) is 0 Å². The second-order valence-corrected chi connectivity index (χ2v) is 21.1. The van der Waals surface area contributed by atoms with Gasteiger partial charge in [0.1, 0.15) is 24.0 Å². The van der Waals surface area contributed by atoms with Crippen molar-refractivity contribution in [2.45, 2.75) is 0 Å². The van der Waals surface area contributed by atoms with E-state index in [1.807, 2.05) is 18.3 Å². The molecule has 0 saturated carbocycles. The minimum absolute atomic E-state index is 0.635. The predicted octanol–water partition coefficient (Wildman–Crippen LogP) is 12.2. The molecular formula is C60H40N4OSi. The molecule has 0 saturated heterocycles. The number of para-hydroxylation sites is 3. The monoisotopic (exact) mass is 860 g/mol. The van der Waals surface area contributed by atoms with E-state index in [2.05, 4.69) is 227 Å². The zero-order valence-electron chi connectivity index (χ0n) is 35.8. The minimum atomic E-state index is -2.87. The van der Waals surface area contributed by atoms with Crippen molar-refractivity contribution in [1.29, 1.82) is 0 Å². The van der Waals surface area contributed by atoms with E-state index in [9.17, 15) is 0 Å². The summed E-state index contributed by atoms with van der Waals surface area (Å²) >= 11 is 0. The first-order valence-corrected chi connectivity index (χ1v) is 24.6. The number of fused-ring (bicyclic) bond motifs is 12. The van der Waals surface area contributed by atoms with Crippen LogP contribution < -0.4 is 35.3 Å². The molecule has 310 valence electrons. The summed E-state index contributed by atoms with van der Waals surface area (Å²) in [6, 6.07) is 81.9. The molecule has 0 aliphatic carbocycles. The standard InChI is InChI=1S/C60H40N4OSi/c1-3-17-40(18-4-1)44-24-15-25-45(41-19-5-2-6-20-41)59(44)62-39-63-53-38-43(65-42-32-34-47-46-21-7-10-26-50(46)64(52(47)37-42)58-31-13-14-36-61-58)33-35-56(53)66(57-30-16-27-51(62)60(57)63)54-28-11-8-22-48(54)49-23-9-12-29-55(49)66/h1-38H,39H2. The van der Waals surface area contributed by atoms with E-state index in [0.29, 0.717) is 6.67 Å². The number of nitrogens with zero attached hydrogens (tertiary/aromatic N) is 4. The van der Waals surface area contributed by atoms with Crippen molar-refractivity contribution in [3.05, 3.63) is 231 Å². The van der Waals surface area contributed by atoms with Crippen molar-refractivity contribution in [1.82, 2.24) is 9.55 Å². The highest BCUT2D eigenvalue weighted by Crippen LogP contribution is 2.52. The molecule has 0 atom stereocenters. The Labute approximate surface area is 383 Å². The van der Waals surface area contributed by atoms with Gasteiger partial charge in [0.25, 0.3) is 0 Å². The van der Waals surface area contributed by atoms with Crippen molar-refractivity contribution in [2.75, 3.05) is 16.5 Å². The summed E-state index contributed by atoms with van der Waals surface area (Å²) in [7, 11) is -2.87. The molecule has 0 unspecified atom stereocenters. The number of anilines is 4. The summed E-state index contributed by atoms with van der Waals surface area (Å²) in [5.41, 5.74) is 14.5. The number of pyridine rings is 1. The normalized spacial score (nSPS) is 13.8. The Bertz CT molecular complexity index is 3630.